The van der Waals surface area contributed by atoms with Crippen molar-refractivity contribution in [3.05, 3.63) is 75.5 Å². The summed E-state index contributed by atoms with van der Waals surface area (Å²) in [6.45, 7) is 3.32. The summed E-state index contributed by atoms with van der Waals surface area (Å²) in [6.07, 6.45) is 0.217. The van der Waals surface area contributed by atoms with Gasteiger partial charge in [-0.3, -0.25) is 14.4 Å². The Bertz CT molecular complexity index is 1140. The normalized spacial score (nSPS) is 10.5. The largest absolute Gasteiger partial charge is 0.323 e. The van der Waals surface area contributed by atoms with E-state index in [-0.39, 0.29) is 24.6 Å². The number of para-hydroxylation sites is 1. The van der Waals surface area contributed by atoms with E-state index in [0.29, 0.717) is 16.4 Å². The van der Waals surface area contributed by atoms with Gasteiger partial charge >= 0.3 is 0 Å². The summed E-state index contributed by atoms with van der Waals surface area (Å²) >= 11 is 6.07. The number of hydrogen-bond acceptors (Lipinski definition) is 4. The highest BCUT2D eigenvalue weighted by Crippen LogP contribution is 2.21. The molecule has 0 bridgehead atoms. The van der Waals surface area contributed by atoms with E-state index in [1.165, 1.54) is 6.07 Å². The van der Waals surface area contributed by atoms with E-state index in [1.54, 1.807) is 31.2 Å². The molecule has 0 aliphatic carbocycles. The maximum atomic E-state index is 12.8. The number of nitrogens with zero attached hydrogens (tertiary/aromatic N) is 2. The van der Waals surface area contributed by atoms with Crippen molar-refractivity contribution in [2.45, 2.75) is 26.8 Å². The Balaban J connectivity index is 1.96. The van der Waals surface area contributed by atoms with Gasteiger partial charge in [0.15, 0.2) is 0 Å². The Labute approximate surface area is 178 Å². The number of anilines is 2. The van der Waals surface area contributed by atoms with E-state index < -0.39 is 11.5 Å². The number of nitrogens with one attached hydrogen (secondary N) is 2. The Kier molecular flexibility index (Phi) is 6.64. The van der Waals surface area contributed by atoms with Gasteiger partial charge in [0.25, 0.3) is 5.56 Å². The first kappa shape index (κ1) is 21.3. The minimum absolute atomic E-state index is 0.0676. The predicted octanol–water partition coefficient (Wildman–Crippen LogP) is 3.86. The van der Waals surface area contributed by atoms with Crippen LogP contribution < -0.4 is 16.2 Å². The molecule has 3 rings (SSSR count). The monoisotopic (exact) mass is 424 g/mol. The first-order chi connectivity index (χ1) is 14.4. The zero-order chi connectivity index (χ0) is 21.7. The third-order valence-corrected chi connectivity index (χ3v) is 4.69. The Hall–Kier alpha value is -3.45. The van der Waals surface area contributed by atoms with Crippen LogP contribution in [-0.4, -0.2) is 21.6 Å². The van der Waals surface area contributed by atoms with Crippen molar-refractivity contribution >= 4 is 34.8 Å². The average molecular weight is 425 g/mol. The molecule has 2 amide bonds. The van der Waals surface area contributed by atoms with Gasteiger partial charge in [-0.05, 0) is 25.1 Å². The maximum Gasteiger partial charge on any atom is 0.291 e. The Morgan fingerprint density at radius 2 is 1.67 bits per heavy atom. The predicted molar refractivity (Wildman–Crippen MR) is 118 cm³/mol. The number of hydrogen-bond donors (Lipinski definition) is 2. The van der Waals surface area contributed by atoms with Gasteiger partial charge in [-0.25, -0.2) is 4.68 Å². The highest BCUT2D eigenvalue weighted by molar-refractivity contribution is 6.33. The lowest BCUT2D eigenvalue weighted by Crippen LogP contribution is -2.32. The number of benzene rings is 2. The zero-order valence-electron chi connectivity index (χ0n) is 16.6. The van der Waals surface area contributed by atoms with Crippen LogP contribution in [0.15, 0.2) is 59.4 Å². The summed E-state index contributed by atoms with van der Waals surface area (Å²) in [4.78, 5) is 37.2. The van der Waals surface area contributed by atoms with E-state index in [4.69, 9.17) is 11.6 Å². The molecule has 1 aromatic heterocycles. The molecule has 0 saturated carbocycles. The number of carbonyl (C=O) groups excluding carboxylic acids is 2. The average Bonchev–Trinajstić information content (AvgIpc) is 2.73. The van der Waals surface area contributed by atoms with Crippen molar-refractivity contribution in [1.29, 1.82) is 0 Å². The summed E-state index contributed by atoms with van der Waals surface area (Å²) in [7, 11) is 0. The van der Waals surface area contributed by atoms with Gasteiger partial charge < -0.3 is 10.6 Å². The summed E-state index contributed by atoms with van der Waals surface area (Å²) in [5.74, 6) is -0.772. The third-order valence-electron chi connectivity index (χ3n) is 4.36. The number of aryl methyl sites for hydroxylation is 1. The molecule has 0 spiro atoms. The second-order valence-corrected chi connectivity index (χ2v) is 7.11. The molecule has 0 aliphatic heterocycles. The van der Waals surface area contributed by atoms with Crippen LogP contribution in [0.25, 0.3) is 11.3 Å². The van der Waals surface area contributed by atoms with Crippen molar-refractivity contribution in [3.8, 4) is 11.3 Å². The van der Waals surface area contributed by atoms with Crippen LogP contribution >= 0.6 is 11.6 Å². The fourth-order valence-corrected chi connectivity index (χ4v) is 2.91. The van der Waals surface area contributed by atoms with Crippen molar-refractivity contribution in [2.24, 2.45) is 0 Å². The second kappa shape index (κ2) is 9.37. The molecule has 1 heterocycles. The zero-order valence-corrected chi connectivity index (χ0v) is 17.4. The first-order valence-corrected chi connectivity index (χ1v) is 9.78. The molecule has 0 atom stereocenters. The Morgan fingerprint density at radius 1 is 1.00 bits per heavy atom. The maximum absolute atomic E-state index is 12.8. The van der Waals surface area contributed by atoms with Gasteiger partial charge in [0.2, 0.25) is 11.8 Å². The summed E-state index contributed by atoms with van der Waals surface area (Å²) < 4.78 is 1.03. The second-order valence-electron chi connectivity index (χ2n) is 6.70. The molecule has 0 radical (unpaired) electrons. The lowest BCUT2D eigenvalue weighted by atomic mass is 10.1. The third kappa shape index (κ3) is 5.12. The minimum Gasteiger partial charge on any atom is -0.323 e. The van der Waals surface area contributed by atoms with Gasteiger partial charge in [0.05, 0.1) is 16.4 Å². The molecule has 30 heavy (non-hydrogen) atoms. The lowest BCUT2D eigenvalue weighted by Gasteiger charge is -2.12. The molecular formula is C22H21ClN4O3. The van der Waals surface area contributed by atoms with Crippen LogP contribution in [-0.2, 0) is 16.1 Å². The van der Waals surface area contributed by atoms with Gasteiger partial charge in [0, 0.05) is 12.0 Å². The summed E-state index contributed by atoms with van der Waals surface area (Å²) in [5, 5.41) is 9.97. The van der Waals surface area contributed by atoms with Gasteiger partial charge in [0.1, 0.15) is 12.2 Å². The fraction of sp³-hybridized carbons (Fsp3) is 0.182. The van der Waals surface area contributed by atoms with E-state index in [9.17, 15) is 14.4 Å². The van der Waals surface area contributed by atoms with Crippen LogP contribution in [0.4, 0.5) is 11.4 Å². The van der Waals surface area contributed by atoms with E-state index in [1.807, 2.05) is 31.2 Å². The number of rotatable bonds is 6. The van der Waals surface area contributed by atoms with Crippen LogP contribution in [0.2, 0.25) is 5.02 Å². The number of carbonyl (C=O) groups is 2. The van der Waals surface area contributed by atoms with E-state index >= 15 is 0 Å². The van der Waals surface area contributed by atoms with Crippen LogP contribution in [0, 0.1) is 6.92 Å². The molecular weight excluding hydrogens is 404 g/mol. The minimum atomic E-state index is -0.568. The number of aromatic nitrogens is 2. The molecule has 2 N–H and O–H groups in total. The summed E-state index contributed by atoms with van der Waals surface area (Å²) in [5.41, 5.74) is 2.23. The highest BCUT2D eigenvalue weighted by atomic mass is 35.5. The molecule has 0 fully saturated rings. The molecule has 3 aromatic rings. The number of halogens is 1. The van der Waals surface area contributed by atoms with Gasteiger partial charge in [-0.1, -0.05) is 60.5 Å². The molecule has 7 nitrogen and oxygen atoms in total. The van der Waals surface area contributed by atoms with Crippen LogP contribution in [0.3, 0.4) is 0 Å². The van der Waals surface area contributed by atoms with Crippen molar-refractivity contribution < 1.29 is 9.59 Å². The van der Waals surface area contributed by atoms with Crippen LogP contribution in [0.1, 0.15) is 18.9 Å². The topological polar surface area (TPSA) is 93.1 Å². The standard InChI is InChI=1S/C22H21ClN4O3/c1-3-20(28)25-19-12-18(15-10-8-14(2)9-11-15)26-27(22(19)30)13-21(29)24-17-7-5-4-6-16(17)23/h4-12H,3,13H2,1-2H3,(H,24,29)(H,25,28). The molecule has 0 saturated heterocycles. The smallest absolute Gasteiger partial charge is 0.291 e. The molecule has 0 aliphatic rings. The molecule has 8 heteroatoms. The van der Waals surface area contributed by atoms with Gasteiger partial charge in [-0.15, -0.1) is 0 Å². The number of amides is 2. The van der Waals surface area contributed by atoms with E-state index in [0.717, 1.165) is 15.8 Å². The first-order valence-electron chi connectivity index (χ1n) is 9.41. The highest BCUT2D eigenvalue weighted by Gasteiger charge is 2.15. The van der Waals surface area contributed by atoms with Crippen LogP contribution in [0.5, 0.6) is 0 Å². The van der Waals surface area contributed by atoms with E-state index in [2.05, 4.69) is 15.7 Å². The van der Waals surface area contributed by atoms with Crippen molar-refractivity contribution in [3.63, 3.8) is 0 Å². The lowest BCUT2D eigenvalue weighted by molar-refractivity contribution is -0.117. The molecule has 154 valence electrons. The fourth-order valence-electron chi connectivity index (χ4n) is 2.73. The van der Waals surface area contributed by atoms with Gasteiger partial charge in [-0.2, -0.15) is 5.10 Å². The van der Waals surface area contributed by atoms with Crippen molar-refractivity contribution in [1.82, 2.24) is 9.78 Å². The summed E-state index contributed by atoms with van der Waals surface area (Å²) in [6, 6.07) is 15.9. The SMILES string of the molecule is CCC(=O)Nc1cc(-c2ccc(C)cc2)nn(CC(=O)Nc2ccccc2Cl)c1=O. The Morgan fingerprint density at radius 3 is 2.33 bits per heavy atom. The molecule has 0 unspecified atom stereocenters. The quantitative estimate of drug-likeness (QED) is 0.628. The van der Waals surface area contributed by atoms with Crippen molar-refractivity contribution in [2.75, 3.05) is 10.6 Å². The molecule has 2 aromatic carbocycles.